The first-order chi connectivity index (χ1) is 32.7. The number of allylic oxidation sites excluding steroid dienone is 13. The topological polar surface area (TPSA) is 175 Å². The van der Waals surface area contributed by atoms with Gasteiger partial charge >= 0.3 is 5.97 Å². The van der Waals surface area contributed by atoms with Crippen molar-refractivity contribution in [3.63, 3.8) is 0 Å². The molecule has 11 heteroatoms. The summed E-state index contributed by atoms with van der Waals surface area (Å²) in [6, 6.07) is -1.05. The van der Waals surface area contributed by atoms with Crippen molar-refractivity contribution in [2.45, 2.75) is 243 Å². The van der Waals surface area contributed by atoms with Crippen LogP contribution in [-0.4, -0.2) is 99.6 Å². The lowest BCUT2D eigenvalue weighted by Crippen LogP contribution is -2.61. The molecule has 1 aliphatic heterocycles. The molecular formula is C56H95NO10. The van der Waals surface area contributed by atoms with E-state index in [0.717, 1.165) is 51.4 Å². The fourth-order valence-corrected chi connectivity index (χ4v) is 7.67. The second kappa shape index (κ2) is 44.1. The van der Waals surface area contributed by atoms with Crippen LogP contribution in [0.5, 0.6) is 0 Å². The van der Waals surface area contributed by atoms with Crippen LogP contribution in [0.4, 0.5) is 0 Å². The van der Waals surface area contributed by atoms with Crippen molar-refractivity contribution in [3.8, 4) is 0 Å². The Kier molecular flexibility index (Phi) is 40.7. The van der Waals surface area contributed by atoms with E-state index in [-0.39, 0.29) is 19.4 Å². The monoisotopic (exact) mass is 942 g/mol. The number of unbranched alkanes of at least 4 members (excludes halogenated alkanes) is 20. The van der Waals surface area contributed by atoms with E-state index in [9.17, 15) is 35.1 Å². The molecule has 8 atom stereocenters. The van der Waals surface area contributed by atoms with Gasteiger partial charge in [0.1, 0.15) is 24.4 Å². The number of amides is 1. The Morgan fingerprint density at radius 1 is 0.597 bits per heavy atom. The summed E-state index contributed by atoms with van der Waals surface area (Å²) in [6.07, 6.45) is 45.0. The molecule has 11 nitrogen and oxygen atoms in total. The van der Waals surface area contributed by atoms with Crippen LogP contribution in [0.15, 0.2) is 85.1 Å². The van der Waals surface area contributed by atoms with E-state index in [1.807, 2.05) is 60.8 Å². The summed E-state index contributed by atoms with van der Waals surface area (Å²) in [6.45, 7) is 5.54. The van der Waals surface area contributed by atoms with Gasteiger partial charge in [0.25, 0.3) is 0 Å². The quantitative estimate of drug-likeness (QED) is 0.0150. The van der Waals surface area contributed by atoms with Gasteiger partial charge in [0, 0.05) is 6.42 Å². The number of rotatable bonds is 42. The van der Waals surface area contributed by atoms with Crippen molar-refractivity contribution in [3.05, 3.63) is 85.1 Å². The van der Waals surface area contributed by atoms with Crippen molar-refractivity contribution in [1.82, 2.24) is 5.32 Å². The summed E-state index contributed by atoms with van der Waals surface area (Å²) in [5, 5.41) is 56.5. The van der Waals surface area contributed by atoms with Gasteiger partial charge in [-0.25, -0.2) is 0 Å². The third-order valence-corrected chi connectivity index (χ3v) is 11.9. The van der Waals surface area contributed by atoms with Crippen LogP contribution < -0.4 is 5.32 Å². The van der Waals surface area contributed by atoms with Gasteiger partial charge in [-0.15, -0.1) is 0 Å². The van der Waals surface area contributed by atoms with Crippen molar-refractivity contribution < 1.29 is 49.3 Å². The Balaban J connectivity index is 2.85. The summed E-state index contributed by atoms with van der Waals surface area (Å²) in [5.41, 5.74) is 0. The van der Waals surface area contributed by atoms with Crippen LogP contribution in [0.3, 0.4) is 0 Å². The average molecular weight is 942 g/mol. The first-order valence-electron chi connectivity index (χ1n) is 26.4. The lowest BCUT2D eigenvalue weighted by atomic mass is 9.99. The molecule has 1 aliphatic rings. The zero-order chi connectivity index (χ0) is 49.0. The van der Waals surface area contributed by atoms with Crippen LogP contribution in [0.2, 0.25) is 0 Å². The minimum absolute atomic E-state index is 0.0220. The number of nitrogens with one attached hydrogen (secondary N) is 1. The Bertz CT molecular complexity index is 1410. The summed E-state index contributed by atoms with van der Waals surface area (Å²) in [7, 11) is 0. The first-order valence-corrected chi connectivity index (χ1v) is 26.4. The molecule has 1 rings (SSSR count). The molecule has 1 saturated heterocycles. The fraction of sp³-hybridized carbons (Fsp3) is 0.714. The van der Waals surface area contributed by atoms with Crippen LogP contribution in [0.1, 0.15) is 194 Å². The molecule has 0 spiro atoms. The number of hydrogen-bond acceptors (Lipinski definition) is 10. The maximum absolute atomic E-state index is 13.3. The normalized spacial score (nSPS) is 20.7. The molecule has 384 valence electrons. The third-order valence-electron chi connectivity index (χ3n) is 11.9. The summed E-state index contributed by atoms with van der Waals surface area (Å²) >= 11 is 0. The Morgan fingerprint density at radius 2 is 1.09 bits per heavy atom. The van der Waals surface area contributed by atoms with Crippen molar-refractivity contribution in [1.29, 1.82) is 0 Å². The van der Waals surface area contributed by atoms with Gasteiger partial charge in [0.2, 0.25) is 5.91 Å². The number of aliphatic hydroxyl groups excluding tert-OH is 5. The lowest BCUT2D eigenvalue weighted by molar-refractivity contribution is -0.305. The molecule has 0 aromatic carbocycles. The zero-order valence-corrected chi connectivity index (χ0v) is 42.0. The van der Waals surface area contributed by atoms with E-state index in [2.05, 4.69) is 44.3 Å². The molecule has 0 aromatic rings. The van der Waals surface area contributed by atoms with Crippen molar-refractivity contribution in [2.75, 3.05) is 13.2 Å². The summed E-state index contributed by atoms with van der Waals surface area (Å²) in [5.74, 6) is -1.30. The summed E-state index contributed by atoms with van der Waals surface area (Å²) in [4.78, 5) is 26.3. The van der Waals surface area contributed by atoms with Gasteiger partial charge in [-0.1, -0.05) is 209 Å². The highest BCUT2D eigenvalue weighted by atomic mass is 16.7. The van der Waals surface area contributed by atoms with E-state index >= 15 is 0 Å². The highest BCUT2D eigenvalue weighted by Crippen LogP contribution is 2.26. The third kappa shape index (κ3) is 33.1. The van der Waals surface area contributed by atoms with Crippen molar-refractivity contribution >= 4 is 11.9 Å². The molecule has 1 amide bonds. The molecule has 1 fully saturated rings. The van der Waals surface area contributed by atoms with E-state index in [1.165, 1.54) is 89.9 Å². The Morgan fingerprint density at radius 3 is 1.64 bits per heavy atom. The molecule has 0 saturated carbocycles. The number of ether oxygens (including phenoxy) is 3. The van der Waals surface area contributed by atoms with Crippen LogP contribution in [0.25, 0.3) is 0 Å². The Labute approximate surface area is 406 Å². The van der Waals surface area contributed by atoms with Gasteiger partial charge in [0.05, 0.1) is 25.4 Å². The number of carbonyl (C=O) groups excluding carboxylic acids is 2. The van der Waals surface area contributed by atoms with E-state index in [4.69, 9.17) is 14.2 Å². The molecule has 0 radical (unpaired) electrons. The van der Waals surface area contributed by atoms with Gasteiger partial charge in [0.15, 0.2) is 12.4 Å². The summed E-state index contributed by atoms with van der Waals surface area (Å²) < 4.78 is 17.4. The van der Waals surface area contributed by atoms with Gasteiger partial charge in [-0.3, -0.25) is 9.59 Å². The van der Waals surface area contributed by atoms with Crippen LogP contribution in [-0.2, 0) is 23.8 Å². The molecule has 0 aliphatic carbocycles. The molecule has 0 aromatic heterocycles. The average Bonchev–Trinajstić information content (AvgIpc) is 3.32. The molecule has 0 bridgehead atoms. The second-order valence-corrected chi connectivity index (χ2v) is 18.0. The minimum Gasteiger partial charge on any atom is -0.454 e. The number of hydrogen-bond donors (Lipinski definition) is 6. The SMILES string of the molecule is CC/C=C/C=C/C=C\C=C/C=C/CCCC(=O)OC1C(OCC(NC(=O)C(O)CCCC/C=C\CCCCCCCC)C(O)/C=C/CCCCCCCCCCCCC)OC(CO)C(O)C1O. The smallest absolute Gasteiger partial charge is 0.306 e. The molecule has 6 N–H and O–H groups in total. The van der Waals surface area contributed by atoms with Crippen LogP contribution >= 0.6 is 0 Å². The minimum atomic E-state index is -1.65. The van der Waals surface area contributed by atoms with Crippen molar-refractivity contribution in [2.24, 2.45) is 0 Å². The first kappa shape index (κ1) is 61.9. The van der Waals surface area contributed by atoms with E-state index < -0.39 is 67.4 Å². The van der Waals surface area contributed by atoms with Gasteiger partial charge in [-0.05, 0) is 64.2 Å². The number of esters is 1. The van der Waals surface area contributed by atoms with E-state index in [0.29, 0.717) is 19.3 Å². The van der Waals surface area contributed by atoms with E-state index in [1.54, 1.807) is 6.08 Å². The fourth-order valence-electron chi connectivity index (χ4n) is 7.67. The second-order valence-electron chi connectivity index (χ2n) is 18.0. The molecule has 8 unspecified atom stereocenters. The molecule has 1 heterocycles. The predicted molar refractivity (Wildman–Crippen MR) is 273 cm³/mol. The maximum atomic E-state index is 13.3. The number of aliphatic hydroxyl groups is 5. The Hall–Kier alpha value is -3.16. The lowest BCUT2D eigenvalue weighted by Gasteiger charge is -2.41. The highest BCUT2D eigenvalue weighted by Gasteiger charge is 2.47. The standard InChI is InChI=1S/C56H95NO10/c1-4-7-10-13-16-19-22-25-28-30-33-36-39-42-48(59)47(57-55(64)49(60)43-40-37-34-31-27-24-21-18-15-12-9-6-3)46-65-56-54(53(63)52(62)50(45-58)66-56)67-51(61)44-41-38-35-32-29-26-23-20-17-14-11-8-5-2/h8,11,14,17,20,23,26-27,29,31-32,35,39,42,47-50,52-54,56,58-60,62-63H,4-7,9-10,12-13,15-16,18-19,21-22,24-25,28,30,33-34,36-38,40-41,43-46H2,1-3H3,(H,57,64)/b11-8+,17-14+,23-20-,29-26-,31-27-,35-32+,42-39+. The highest BCUT2D eigenvalue weighted by molar-refractivity contribution is 5.80. The molecule has 67 heavy (non-hydrogen) atoms. The molecular weight excluding hydrogens is 847 g/mol. The number of carbonyl (C=O) groups is 2. The predicted octanol–water partition coefficient (Wildman–Crippen LogP) is 11.0. The zero-order valence-electron chi connectivity index (χ0n) is 42.0. The largest absolute Gasteiger partial charge is 0.454 e. The van der Waals surface area contributed by atoms with Gasteiger partial charge in [-0.2, -0.15) is 0 Å². The maximum Gasteiger partial charge on any atom is 0.306 e. The van der Waals surface area contributed by atoms with Crippen LogP contribution in [0, 0.1) is 0 Å². The van der Waals surface area contributed by atoms with Gasteiger partial charge < -0.3 is 45.1 Å².